The van der Waals surface area contributed by atoms with E-state index in [4.69, 9.17) is 23.7 Å². The normalized spacial score (nSPS) is 16.4. The highest BCUT2D eigenvalue weighted by atomic mass is 16.6. The van der Waals surface area contributed by atoms with Crippen molar-refractivity contribution in [1.29, 1.82) is 10.5 Å². The Labute approximate surface area is 125 Å². The lowest BCUT2D eigenvalue weighted by molar-refractivity contribution is -0.384. The van der Waals surface area contributed by atoms with E-state index < -0.39 is 4.92 Å². The van der Waals surface area contributed by atoms with E-state index >= 15 is 0 Å². The van der Waals surface area contributed by atoms with Gasteiger partial charge in [-0.1, -0.05) is 0 Å². The van der Waals surface area contributed by atoms with Crippen molar-refractivity contribution in [2.75, 3.05) is 0 Å². The smallest absolute Gasteiger partial charge is 0.258 e. The predicted octanol–water partition coefficient (Wildman–Crippen LogP) is 3.31. The average molecular weight is 287 g/mol. The molecule has 7 heteroatoms. The highest BCUT2D eigenvalue weighted by molar-refractivity contribution is 5.97. The minimum Gasteiger partial charge on any atom is -0.258 e. The molecular weight excluding hydrogens is 282 g/mol. The highest BCUT2D eigenvalue weighted by Crippen LogP contribution is 2.45. The van der Waals surface area contributed by atoms with Gasteiger partial charge in [0.1, 0.15) is 0 Å². The largest absolute Gasteiger partial charge is 0.270 e. The van der Waals surface area contributed by atoms with Crippen LogP contribution < -0.4 is 0 Å². The summed E-state index contributed by atoms with van der Waals surface area (Å²) in [6.45, 7) is 14.1. The third-order valence-corrected chi connectivity index (χ3v) is 3.22. The number of rotatable bonds is 1. The summed E-state index contributed by atoms with van der Waals surface area (Å²) in [4.78, 5) is 16.6. The molecule has 7 nitrogen and oxygen atoms in total. The fourth-order valence-electron chi connectivity index (χ4n) is 2.27. The highest BCUT2D eigenvalue weighted by Gasteiger charge is 2.28. The van der Waals surface area contributed by atoms with E-state index in [1.165, 1.54) is 18.2 Å². The van der Waals surface area contributed by atoms with Crippen LogP contribution in [0.15, 0.2) is 29.6 Å². The summed E-state index contributed by atoms with van der Waals surface area (Å²) in [5.74, 6) is 0. The summed E-state index contributed by atoms with van der Waals surface area (Å²) in [6, 6.07) is 7.50. The second-order valence-corrected chi connectivity index (χ2v) is 4.27. The Morgan fingerprint density at radius 1 is 1.14 bits per heavy atom. The topological polar surface area (TPSA) is 99.4 Å². The lowest BCUT2D eigenvalue weighted by Gasteiger charge is -2.01. The van der Waals surface area contributed by atoms with Crippen molar-refractivity contribution in [3.63, 3.8) is 0 Å². The first-order chi connectivity index (χ1) is 10.6. The predicted molar refractivity (Wildman–Crippen MR) is 76.0 cm³/mol. The van der Waals surface area contributed by atoms with Gasteiger partial charge in [-0.2, -0.15) is 0 Å². The van der Waals surface area contributed by atoms with Gasteiger partial charge in [0, 0.05) is 12.1 Å². The summed E-state index contributed by atoms with van der Waals surface area (Å²) in [7, 11) is 0. The van der Waals surface area contributed by atoms with Gasteiger partial charge in [0.2, 0.25) is 0 Å². The molecule has 1 aliphatic rings. The lowest BCUT2D eigenvalue weighted by atomic mass is 10.0. The minimum atomic E-state index is -0.580. The summed E-state index contributed by atoms with van der Waals surface area (Å²) in [5.41, 5.74) is 1.00. The minimum absolute atomic E-state index is 0.0625. The Bertz CT molecular complexity index is 895. The number of nitro benzene ring substituents is 1. The van der Waals surface area contributed by atoms with Gasteiger partial charge in [-0.3, -0.25) is 10.1 Å². The summed E-state index contributed by atoms with van der Waals surface area (Å²) >= 11 is 0. The van der Waals surface area contributed by atoms with Gasteiger partial charge in [0.05, 0.1) is 30.2 Å². The molecule has 0 bridgehead atoms. The maximum atomic E-state index is 10.9. The van der Waals surface area contributed by atoms with Crippen molar-refractivity contribution in [2.45, 2.75) is 6.42 Å². The van der Waals surface area contributed by atoms with Gasteiger partial charge < -0.3 is 0 Å². The number of hydrogen-bond acceptors (Lipinski definition) is 4. The molecule has 2 rings (SSSR count). The van der Waals surface area contributed by atoms with Crippen LogP contribution in [-0.2, 0) is 0 Å². The molecule has 102 valence electrons. The van der Waals surface area contributed by atoms with E-state index in [0.29, 0.717) is 22.3 Å². The molecule has 0 saturated carbocycles. The molecule has 0 heterocycles. The molecule has 1 aliphatic carbocycles. The van der Waals surface area contributed by atoms with Gasteiger partial charge >= 0.3 is 0 Å². The molecule has 0 radical (unpaired) electrons. The van der Waals surface area contributed by atoms with Crippen LogP contribution in [0.3, 0.4) is 0 Å². The van der Waals surface area contributed by atoms with Crippen LogP contribution in [0, 0.1) is 45.9 Å². The van der Waals surface area contributed by atoms with Crippen LogP contribution >= 0.6 is 0 Å². The van der Waals surface area contributed by atoms with Gasteiger partial charge in [0.25, 0.3) is 17.1 Å². The van der Waals surface area contributed by atoms with Crippen molar-refractivity contribution in [2.24, 2.45) is 0 Å². The summed E-state index contributed by atoms with van der Waals surface area (Å²) in [5, 5.41) is 29.0. The molecule has 0 saturated heterocycles. The first kappa shape index (κ1) is 14.5. The van der Waals surface area contributed by atoms with Crippen LogP contribution in [0.1, 0.15) is 17.5 Å². The first-order valence-electron chi connectivity index (χ1n) is 5.88. The van der Waals surface area contributed by atoms with Crippen molar-refractivity contribution in [1.82, 2.24) is 0 Å². The second kappa shape index (κ2) is 5.59. The van der Waals surface area contributed by atoms with E-state index in [9.17, 15) is 10.1 Å². The Morgan fingerprint density at radius 2 is 1.68 bits per heavy atom. The number of benzene rings is 1. The van der Waals surface area contributed by atoms with Gasteiger partial charge in [0.15, 0.2) is 0 Å². The quantitative estimate of drug-likeness (QED) is 0.342. The molecule has 22 heavy (non-hydrogen) atoms. The fraction of sp³-hybridized carbons (Fsp3) is 0.0667. The van der Waals surface area contributed by atoms with Crippen molar-refractivity contribution in [3.05, 3.63) is 73.7 Å². The molecule has 0 fully saturated rings. The SMILES string of the molecule is [C-]#[N+]C(C#N)=C1CC(=C(C#N)[N+]#[C-])c2cc([N+](=O)[O-])ccc21. The van der Waals surface area contributed by atoms with Crippen molar-refractivity contribution < 1.29 is 4.92 Å². The van der Waals surface area contributed by atoms with E-state index in [-0.39, 0.29) is 23.5 Å². The maximum absolute atomic E-state index is 10.9. The van der Waals surface area contributed by atoms with Crippen LogP contribution in [0.5, 0.6) is 0 Å². The van der Waals surface area contributed by atoms with Gasteiger partial charge in [-0.05, 0) is 34.8 Å². The van der Waals surface area contributed by atoms with E-state index in [2.05, 4.69) is 9.69 Å². The number of fused-ring (bicyclic) bond motifs is 1. The van der Waals surface area contributed by atoms with E-state index in [1.54, 1.807) is 12.1 Å². The van der Waals surface area contributed by atoms with Gasteiger partial charge in [-0.15, -0.1) is 0 Å². The van der Waals surface area contributed by atoms with Crippen LogP contribution in [0.25, 0.3) is 20.8 Å². The number of nitro groups is 1. The number of nitriles is 2. The Balaban J connectivity index is 2.87. The first-order valence-corrected chi connectivity index (χ1v) is 5.88. The summed E-state index contributed by atoms with van der Waals surface area (Å²) < 4.78 is 0. The monoisotopic (exact) mass is 287 g/mol. The molecule has 0 aliphatic heterocycles. The third kappa shape index (κ3) is 2.16. The standard InChI is InChI=1S/C15H5N5O2/c1-18-14(7-16)12-6-13(15(8-17)19-2)11-5-9(20(21)22)3-4-10(11)12/h3-5H,6H2. The molecule has 0 atom stereocenters. The lowest BCUT2D eigenvalue weighted by Crippen LogP contribution is -1.91. The van der Waals surface area contributed by atoms with E-state index in [1.807, 2.05) is 0 Å². The molecule has 1 aromatic carbocycles. The second-order valence-electron chi connectivity index (χ2n) is 4.27. The zero-order valence-electron chi connectivity index (χ0n) is 11.0. The number of hydrogen-bond donors (Lipinski definition) is 0. The molecular formula is C15H5N5O2. The molecule has 0 N–H and O–H groups in total. The average Bonchev–Trinajstić information content (AvgIpc) is 2.89. The van der Waals surface area contributed by atoms with Crippen LogP contribution in [0.2, 0.25) is 0 Å². The molecule has 0 aromatic heterocycles. The zero-order chi connectivity index (χ0) is 16.3. The maximum Gasteiger partial charge on any atom is 0.270 e. The number of non-ortho nitro benzene ring substituents is 1. The Hall–Kier alpha value is -3.94. The van der Waals surface area contributed by atoms with Crippen molar-refractivity contribution in [3.8, 4) is 12.1 Å². The van der Waals surface area contributed by atoms with Crippen molar-refractivity contribution >= 4 is 16.8 Å². The number of allylic oxidation sites excluding steroid dienone is 4. The fourth-order valence-corrected chi connectivity index (χ4v) is 2.27. The van der Waals surface area contributed by atoms with Crippen LogP contribution in [-0.4, -0.2) is 4.92 Å². The third-order valence-electron chi connectivity index (χ3n) is 3.22. The van der Waals surface area contributed by atoms with Crippen LogP contribution in [0.4, 0.5) is 5.69 Å². The zero-order valence-corrected chi connectivity index (χ0v) is 11.0. The van der Waals surface area contributed by atoms with Gasteiger partial charge in [-0.25, -0.2) is 20.2 Å². The molecule has 0 spiro atoms. The molecule has 1 aromatic rings. The number of nitrogens with zero attached hydrogens (tertiary/aromatic N) is 5. The Morgan fingerprint density at radius 3 is 2.14 bits per heavy atom. The van der Waals surface area contributed by atoms with E-state index in [0.717, 1.165) is 0 Å². The summed E-state index contributed by atoms with van der Waals surface area (Å²) in [6.07, 6.45) is 0.0625. The Kier molecular flexibility index (Phi) is 3.68. The molecule has 0 amide bonds. The molecule has 0 unspecified atom stereocenters.